The number of halogens is 50. The van der Waals surface area contributed by atoms with Gasteiger partial charge in [0.25, 0.3) is 0 Å². The molecule has 0 spiro atoms. The van der Waals surface area contributed by atoms with Crippen molar-refractivity contribution in [1.29, 1.82) is 0 Å². The van der Waals surface area contributed by atoms with Gasteiger partial charge < -0.3 is 8.23 Å². The largest absolute Gasteiger partial charge is 0.600 e. The Bertz CT molecular complexity index is 1750. The van der Waals surface area contributed by atoms with E-state index in [9.17, 15) is 154 Å². The number of hydrogen-bond acceptors (Lipinski definition) is 2. The summed E-state index contributed by atoms with van der Waals surface area (Å²) in [6, 6.07) is 0. The molecule has 0 aromatic rings. The van der Waals surface area contributed by atoms with Crippen molar-refractivity contribution in [3.8, 4) is 0 Å². The third-order valence-electron chi connectivity index (χ3n) is 8.85. The van der Waals surface area contributed by atoms with Crippen LogP contribution in [0.15, 0.2) is 0 Å². The standard InChI is InChI=1S/C21F50O2Si3/c22-1(23,8(36,37)38)15(57,58)74(16(59,60)2(24,25)9(39,40)41,17(61,62)3(26,27)10(42,43)44)72-76(71,21(69,70)7(34,35)14(54,55)56)73-75(18(63,64)4(28,29)11(45,46)47,19(65,66)5(30,31)12(48,49)50)20(67,68)6(32,33)13(51,52)53. The molecule has 0 amide bonds. The van der Waals surface area contributed by atoms with Gasteiger partial charge in [-0.15, -0.1) is 0 Å². The van der Waals surface area contributed by atoms with E-state index in [-0.39, 0.29) is 8.23 Å². The average molecular weight is 1320 g/mol. The van der Waals surface area contributed by atoms with Crippen molar-refractivity contribution in [1.82, 2.24) is 0 Å². The van der Waals surface area contributed by atoms with Crippen LogP contribution in [0.3, 0.4) is 0 Å². The van der Waals surface area contributed by atoms with E-state index in [2.05, 4.69) is 0 Å². The normalized spacial score (nSPS) is 17.4. The summed E-state index contributed by atoms with van der Waals surface area (Å²) in [5.41, 5.74) is -83.2. The Balaban J connectivity index is 12.1. The Morgan fingerprint density at radius 2 is 0.250 bits per heavy atom. The van der Waals surface area contributed by atoms with Gasteiger partial charge >= 0.3 is 149 Å². The molecule has 0 bridgehead atoms. The van der Waals surface area contributed by atoms with Gasteiger partial charge in [-0.3, -0.25) is 0 Å². The lowest BCUT2D eigenvalue weighted by atomic mass is 10.3. The van der Waals surface area contributed by atoms with E-state index in [4.69, 9.17) is 0 Å². The Morgan fingerprint density at radius 1 is 0.158 bits per heavy atom. The minimum Gasteiger partial charge on any atom is -0.395 e. The molecule has 2 nitrogen and oxygen atoms in total. The molecule has 55 heteroatoms. The lowest BCUT2D eigenvalue weighted by Gasteiger charge is -2.55. The smallest absolute Gasteiger partial charge is 0.395 e. The molecule has 0 aromatic carbocycles. The summed E-state index contributed by atoms with van der Waals surface area (Å²) in [5, 5.41) is 0. The molecular formula is C21F50O2Si3. The summed E-state index contributed by atoms with van der Waals surface area (Å²) in [5.74, 6) is -76.7. The predicted octanol–water partition coefficient (Wildman–Crippen LogP) is 15.4. The third-order valence-corrected chi connectivity index (χ3v) is 21.7. The fourth-order valence-corrected chi connectivity index (χ4v) is 19.1. The summed E-state index contributed by atoms with van der Waals surface area (Å²) in [7, 11) is -46.4. The topological polar surface area (TPSA) is 18.5 Å². The molecule has 76 heavy (non-hydrogen) atoms. The fourth-order valence-electron chi connectivity index (χ4n) is 4.87. The van der Waals surface area contributed by atoms with Crippen LogP contribution >= 0.6 is 0 Å². The summed E-state index contributed by atoms with van der Waals surface area (Å²) < 4.78 is 712. The van der Waals surface area contributed by atoms with E-state index in [0.29, 0.717) is 0 Å². The summed E-state index contributed by atoms with van der Waals surface area (Å²) in [6.45, 7) is 0. The van der Waals surface area contributed by atoms with Crippen LogP contribution in [0.2, 0.25) is 0 Å². The highest BCUT2D eigenvalue weighted by atomic mass is 28.5. The minimum absolute atomic E-state index is 0.0280. The van der Waals surface area contributed by atoms with Gasteiger partial charge in [0.2, 0.25) is 0 Å². The van der Waals surface area contributed by atoms with Crippen LogP contribution in [0.4, 0.5) is 219 Å². The van der Waals surface area contributed by atoms with Crippen molar-refractivity contribution in [2.75, 3.05) is 0 Å². The predicted molar refractivity (Wildman–Crippen MR) is 132 cm³/mol. The number of hydrogen-bond donors (Lipinski definition) is 0. The Morgan fingerprint density at radius 3 is 0.342 bits per heavy atom. The quantitative estimate of drug-likeness (QED) is 0.0774. The van der Waals surface area contributed by atoms with Crippen LogP contribution in [0.5, 0.6) is 0 Å². The van der Waals surface area contributed by atoms with Gasteiger partial charge in [-0.1, -0.05) is 0 Å². The van der Waals surface area contributed by atoms with E-state index < -0.39 is 149 Å². The number of rotatable bonds is 18. The van der Waals surface area contributed by atoms with Gasteiger partial charge in [0.05, 0.1) is 0 Å². The van der Waals surface area contributed by atoms with Gasteiger partial charge in [-0.05, 0) is 0 Å². The highest BCUT2D eigenvalue weighted by Crippen LogP contribution is 2.72. The highest BCUT2D eigenvalue weighted by molar-refractivity contribution is 6.93. The fraction of sp³-hybridized carbons (Fsp3) is 1.00. The van der Waals surface area contributed by atoms with Crippen LogP contribution in [0, 0.1) is 0 Å². The maximum atomic E-state index is 16.8. The molecule has 0 fully saturated rings. The second kappa shape index (κ2) is 17.8. The van der Waals surface area contributed by atoms with Crippen molar-refractivity contribution in [3.63, 3.8) is 0 Å². The molecule has 0 saturated carbocycles. The van der Waals surface area contributed by atoms with Crippen LogP contribution < -0.4 is 0 Å². The van der Waals surface area contributed by atoms with Crippen molar-refractivity contribution < 1.29 is 227 Å². The minimum atomic E-state index is -15.6. The molecule has 0 rings (SSSR count). The molecule has 0 aliphatic carbocycles. The lowest BCUT2D eigenvalue weighted by molar-refractivity contribution is -0.377. The van der Waals surface area contributed by atoms with E-state index >= 15 is 65.6 Å². The van der Waals surface area contributed by atoms with Crippen molar-refractivity contribution in [3.05, 3.63) is 0 Å². The Labute approximate surface area is 377 Å². The molecule has 458 valence electrons. The van der Waals surface area contributed by atoms with Crippen LogP contribution in [-0.4, -0.2) is 149 Å². The maximum absolute atomic E-state index is 16.8. The van der Waals surface area contributed by atoms with Gasteiger partial charge in [0.1, 0.15) is 0 Å². The summed E-state index contributed by atoms with van der Waals surface area (Å²) in [4.78, 5) is 0. The average Bonchev–Trinajstić information content (AvgIpc) is 3.11. The lowest BCUT2D eigenvalue weighted by Crippen LogP contribution is -2.95. The first-order chi connectivity index (χ1) is 31.7. The molecular weight excluding hydrogens is 1320 g/mol. The second-order valence-electron chi connectivity index (χ2n) is 13.6. The first kappa shape index (κ1) is 73.1. The zero-order chi connectivity index (χ0) is 63.4. The van der Waals surface area contributed by atoms with E-state index in [1.165, 1.54) is 0 Å². The molecule has 0 aliphatic rings. The maximum Gasteiger partial charge on any atom is 0.600 e. The van der Waals surface area contributed by atoms with Crippen molar-refractivity contribution in [2.45, 2.75) is 124 Å². The zero-order valence-corrected chi connectivity index (χ0v) is 34.7. The molecule has 0 heterocycles. The summed E-state index contributed by atoms with van der Waals surface area (Å²) in [6.07, 6.45) is -70.3. The van der Waals surface area contributed by atoms with E-state index in [0.717, 1.165) is 0 Å². The van der Waals surface area contributed by atoms with Crippen molar-refractivity contribution >= 4 is 25.5 Å². The Hall–Kier alpha value is -2.93. The van der Waals surface area contributed by atoms with Gasteiger partial charge in [0.15, 0.2) is 0 Å². The van der Waals surface area contributed by atoms with Crippen molar-refractivity contribution in [2.24, 2.45) is 0 Å². The number of alkyl halides is 49. The van der Waals surface area contributed by atoms with Gasteiger partial charge in [-0.2, -0.15) is 162 Å². The molecule has 0 radical (unpaired) electrons. The third kappa shape index (κ3) is 8.89. The van der Waals surface area contributed by atoms with E-state index in [1.54, 1.807) is 0 Å². The molecule has 0 N–H and O–H groups in total. The monoisotopic (exact) mass is 1320 g/mol. The zero-order valence-electron chi connectivity index (χ0n) is 31.7. The van der Waals surface area contributed by atoms with Gasteiger partial charge in [-0.25, -0.2) is 56.8 Å². The van der Waals surface area contributed by atoms with Crippen LogP contribution in [-0.2, 0) is 8.23 Å². The summed E-state index contributed by atoms with van der Waals surface area (Å²) >= 11 is 0. The first-order valence-electron chi connectivity index (χ1n) is 15.5. The SMILES string of the molecule is FC(F)(F)C(F)(F)C(F)(F)[Si](F)(O[Si](C(F)(F)C(F)(F)C(F)(F)F)(C(F)(F)C(F)(F)C(F)(F)F)C(F)(F)C(F)(F)C(F)(F)F)O[Si](C(F)(F)C(F)(F)C(F)(F)F)(C(F)(F)C(F)(F)C(F)(F)F)C(F)(F)C(F)(F)C(F)(F)F. The van der Waals surface area contributed by atoms with Crippen LogP contribution in [0.25, 0.3) is 0 Å². The molecule has 0 aromatic heterocycles. The second-order valence-corrected chi connectivity index (χ2v) is 23.5. The molecule has 0 unspecified atom stereocenters. The first-order valence-corrected chi connectivity index (χ1v) is 21.0. The molecule has 0 aliphatic heterocycles. The Kier molecular flexibility index (Phi) is 17.1. The van der Waals surface area contributed by atoms with E-state index in [1.807, 2.05) is 0 Å². The molecule has 0 saturated heterocycles. The highest BCUT2D eigenvalue weighted by Gasteiger charge is 3.10. The van der Waals surface area contributed by atoms with Gasteiger partial charge in [0, 0.05) is 0 Å². The molecule has 0 atom stereocenters. The van der Waals surface area contributed by atoms with Crippen LogP contribution in [0.1, 0.15) is 0 Å².